The van der Waals surface area contributed by atoms with Crippen LogP contribution in [0.1, 0.15) is 16.1 Å². The Morgan fingerprint density at radius 1 is 1.17 bits per heavy atom. The lowest BCUT2D eigenvalue weighted by Crippen LogP contribution is -2.06. The Kier molecular flexibility index (Phi) is 4.08. The van der Waals surface area contributed by atoms with Crippen molar-refractivity contribution in [3.05, 3.63) is 65.1 Å². The van der Waals surface area contributed by atoms with Crippen LogP contribution in [0.15, 0.2) is 53.7 Å². The first-order chi connectivity index (χ1) is 10.8. The summed E-state index contributed by atoms with van der Waals surface area (Å²) >= 11 is 6.73. The first-order valence-electron chi connectivity index (χ1n) is 6.36. The molecule has 23 heavy (non-hydrogen) atoms. The number of thioether (sulfide) groups is 1. The number of nitrogens with zero attached hydrogens (tertiary/aromatic N) is 2. The SMILES string of the molecule is O=C(Sc1ccc(Cl)cc1)c1cnc2cc(C(F)(F)F)ccn12. The van der Waals surface area contributed by atoms with E-state index >= 15 is 0 Å². The Labute approximate surface area is 138 Å². The summed E-state index contributed by atoms with van der Waals surface area (Å²) in [6.07, 6.45) is -1.99. The van der Waals surface area contributed by atoms with E-state index in [0.29, 0.717) is 9.92 Å². The van der Waals surface area contributed by atoms with Crippen molar-refractivity contribution >= 4 is 34.1 Å². The fourth-order valence-corrected chi connectivity index (χ4v) is 2.84. The van der Waals surface area contributed by atoms with Crippen molar-refractivity contribution in [2.24, 2.45) is 0 Å². The lowest BCUT2D eigenvalue weighted by atomic mass is 10.2. The van der Waals surface area contributed by atoms with Gasteiger partial charge in [0.05, 0.1) is 11.8 Å². The molecule has 0 aliphatic carbocycles. The minimum atomic E-state index is -4.45. The molecule has 0 atom stereocenters. The van der Waals surface area contributed by atoms with Crippen LogP contribution in [0.2, 0.25) is 5.02 Å². The van der Waals surface area contributed by atoms with E-state index in [2.05, 4.69) is 4.98 Å². The van der Waals surface area contributed by atoms with Crippen molar-refractivity contribution in [2.75, 3.05) is 0 Å². The lowest BCUT2D eigenvalue weighted by Gasteiger charge is -2.07. The van der Waals surface area contributed by atoms with E-state index in [1.165, 1.54) is 16.8 Å². The van der Waals surface area contributed by atoms with Gasteiger partial charge in [-0.05, 0) is 48.2 Å². The molecule has 1 aromatic carbocycles. The average molecular weight is 357 g/mol. The largest absolute Gasteiger partial charge is 0.416 e. The molecule has 0 saturated heterocycles. The summed E-state index contributed by atoms with van der Waals surface area (Å²) in [7, 11) is 0. The highest BCUT2D eigenvalue weighted by Gasteiger charge is 2.31. The fourth-order valence-electron chi connectivity index (χ4n) is 1.97. The third-order valence-electron chi connectivity index (χ3n) is 3.07. The minimum absolute atomic E-state index is 0.0693. The highest BCUT2D eigenvalue weighted by molar-refractivity contribution is 8.14. The molecule has 3 nitrogen and oxygen atoms in total. The molecule has 8 heteroatoms. The number of pyridine rings is 1. The Balaban J connectivity index is 1.90. The molecule has 0 radical (unpaired) electrons. The smallest absolute Gasteiger partial charge is 0.296 e. The molecule has 3 rings (SSSR count). The summed E-state index contributed by atoms with van der Waals surface area (Å²) in [6, 6.07) is 8.51. The van der Waals surface area contributed by atoms with Crippen molar-refractivity contribution in [3.63, 3.8) is 0 Å². The van der Waals surface area contributed by atoms with Gasteiger partial charge in [0.2, 0.25) is 5.12 Å². The number of benzene rings is 1. The van der Waals surface area contributed by atoms with Crippen LogP contribution < -0.4 is 0 Å². The Morgan fingerprint density at radius 3 is 2.52 bits per heavy atom. The fraction of sp³-hybridized carbons (Fsp3) is 0.0667. The van der Waals surface area contributed by atoms with Gasteiger partial charge in [0.1, 0.15) is 11.3 Å². The lowest BCUT2D eigenvalue weighted by molar-refractivity contribution is -0.137. The molecule has 0 aliphatic heterocycles. The molecule has 0 N–H and O–H groups in total. The van der Waals surface area contributed by atoms with Crippen molar-refractivity contribution in [3.8, 4) is 0 Å². The number of aromatic nitrogens is 2. The number of halogens is 4. The summed E-state index contributed by atoms with van der Waals surface area (Å²) in [5.41, 5.74) is -0.534. The number of rotatable bonds is 2. The van der Waals surface area contributed by atoms with Gasteiger partial charge >= 0.3 is 6.18 Å². The molecule has 2 heterocycles. The molecular formula is C15H8ClF3N2OS. The number of hydrogen-bond donors (Lipinski definition) is 0. The molecule has 0 spiro atoms. The monoisotopic (exact) mass is 356 g/mol. The first kappa shape index (κ1) is 15.9. The second-order valence-electron chi connectivity index (χ2n) is 4.63. The standard InChI is InChI=1S/C15H8ClF3N2OS/c16-10-1-3-11(4-2-10)23-14(22)12-8-20-13-7-9(15(17,18)19)5-6-21(12)13/h1-8H. The molecule has 0 saturated carbocycles. The Hall–Kier alpha value is -1.99. The van der Waals surface area contributed by atoms with Gasteiger partial charge in [0.25, 0.3) is 0 Å². The zero-order valence-electron chi connectivity index (χ0n) is 11.3. The van der Waals surface area contributed by atoms with Crippen LogP contribution in [-0.2, 0) is 6.18 Å². The molecule has 2 aromatic heterocycles. The quantitative estimate of drug-likeness (QED) is 0.610. The van der Waals surface area contributed by atoms with Crippen molar-refractivity contribution in [1.82, 2.24) is 9.38 Å². The third kappa shape index (κ3) is 3.35. The number of carbonyl (C=O) groups is 1. The van der Waals surface area contributed by atoms with Crippen LogP contribution in [0.5, 0.6) is 0 Å². The predicted octanol–water partition coefficient (Wildman–Crippen LogP) is 4.94. The van der Waals surface area contributed by atoms with Crippen LogP contribution in [0, 0.1) is 0 Å². The number of imidazole rings is 1. The van der Waals surface area contributed by atoms with Gasteiger partial charge in [-0.15, -0.1) is 0 Å². The van der Waals surface area contributed by atoms with E-state index in [-0.39, 0.29) is 16.5 Å². The summed E-state index contributed by atoms with van der Waals surface area (Å²) in [4.78, 5) is 16.9. The topological polar surface area (TPSA) is 34.4 Å². The second kappa shape index (κ2) is 5.90. The molecule has 118 valence electrons. The van der Waals surface area contributed by atoms with Crippen molar-refractivity contribution < 1.29 is 18.0 Å². The van der Waals surface area contributed by atoms with Gasteiger partial charge in [-0.1, -0.05) is 11.6 Å². The van der Waals surface area contributed by atoms with E-state index < -0.39 is 11.7 Å². The number of alkyl halides is 3. The predicted molar refractivity (Wildman–Crippen MR) is 81.8 cm³/mol. The first-order valence-corrected chi connectivity index (χ1v) is 7.56. The highest BCUT2D eigenvalue weighted by atomic mass is 35.5. The molecule has 0 amide bonds. The van der Waals surface area contributed by atoms with E-state index in [4.69, 9.17) is 11.6 Å². The highest BCUT2D eigenvalue weighted by Crippen LogP contribution is 2.30. The van der Waals surface area contributed by atoms with Crippen LogP contribution in [0.3, 0.4) is 0 Å². The summed E-state index contributed by atoms with van der Waals surface area (Å²) in [5, 5.41) is 0.232. The van der Waals surface area contributed by atoms with Gasteiger partial charge < -0.3 is 0 Å². The van der Waals surface area contributed by atoms with Crippen LogP contribution in [0.4, 0.5) is 13.2 Å². The summed E-state index contributed by atoms with van der Waals surface area (Å²) < 4.78 is 39.4. The maximum absolute atomic E-state index is 12.7. The molecule has 3 aromatic rings. The third-order valence-corrected chi connectivity index (χ3v) is 4.23. The molecule has 0 aliphatic rings. The van der Waals surface area contributed by atoms with E-state index in [0.717, 1.165) is 23.9 Å². The van der Waals surface area contributed by atoms with Gasteiger partial charge in [-0.25, -0.2) is 4.98 Å². The van der Waals surface area contributed by atoms with Gasteiger partial charge in [0.15, 0.2) is 0 Å². The average Bonchev–Trinajstić information content (AvgIpc) is 2.92. The van der Waals surface area contributed by atoms with Crippen LogP contribution in [0.25, 0.3) is 5.65 Å². The maximum Gasteiger partial charge on any atom is 0.416 e. The van der Waals surface area contributed by atoms with Gasteiger partial charge in [0, 0.05) is 16.1 Å². The maximum atomic E-state index is 12.7. The number of fused-ring (bicyclic) bond motifs is 1. The second-order valence-corrected chi connectivity index (χ2v) is 6.11. The van der Waals surface area contributed by atoms with E-state index in [1.54, 1.807) is 24.3 Å². The normalized spacial score (nSPS) is 11.8. The zero-order valence-corrected chi connectivity index (χ0v) is 12.9. The number of hydrogen-bond acceptors (Lipinski definition) is 3. The van der Waals surface area contributed by atoms with Gasteiger partial charge in [-0.2, -0.15) is 13.2 Å². The van der Waals surface area contributed by atoms with Crippen molar-refractivity contribution in [2.45, 2.75) is 11.1 Å². The Bertz CT molecular complexity index is 875. The Morgan fingerprint density at radius 2 is 1.87 bits per heavy atom. The van der Waals surface area contributed by atoms with Crippen LogP contribution in [-0.4, -0.2) is 14.5 Å². The zero-order chi connectivity index (χ0) is 16.6. The molecular weight excluding hydrogens is 349 g/mol. The number of carbonyl (C=O) groups excluding carboxylic acids is 1. The molecule has 0 unspecified atom stereocenters. The van der Waals surface area contributed by atoms with E-state index in [1.807, 2.05) is 0 Å². The summed E-state index contributed by atoms with van der Waals surface area (Å²) in [5.74, 6) is 0. The minimum Gasteiger partial charge on any atom is -0.296 e. The van der Waals surface area contributed by atoms with Crippen LogP contribution >= 0.6 is 23.4 Å². The van der Waals surface area contributed by atoms with Crippen molar-refractivity contribution in [1.29, 1.82) is 0 Å². The van der Waals surface area contributed by atoms with Gasteiger partial charge in [-0.3, -0.25) is 9.20 Å². The summed E-state index contributed by atoms with van der Waals surface area (Å²) in [6.45, 7) is 0. The molecule has 0 fully saturated rings. The van der Waals surface area contributed by atoms with E-state index in [9.17, 15) is 18.0 Å². The molecule has 0 bridgehead atoms.